The van der Waals surface area contributed by atoms with Crippen LogP contribution in [-0.2, 0) is 28.5 Å². The Kier molecular flexibility index (Phi) is 27.7. The van der Waals surface area contributed by atoms with E-state index < -0.39 is 55.4 Å². The summed E-state index contributed by atoms with van der Waals surface area (Å²) in [5.74, 6) is -0.828. The molecule has 2 unspecified atom stereocenters. The van der Waals surface area contributed by atoms with E-state index in [1.807, 2.05) is 0 Å². The average molecular weight is 685 g/mol. The van der Waals surface area contributed by atoms with Crippen LogP contribution in [0.4, 0.5) is 0 Å². The number of allylic oxidation sites excluding steroid dienone is 4. The van der Waals surface area contributed by atoms with E-state index in [1.165, 1.54) is 51.4 Å². The molecule has 10 heteroatoms. The molecule has 1 saturated heterocycles. The van der Waals surface area contributed by atoms with Crippen molar-refractivity contribution in [2.75, 3.05) is 19.8 Å². The molecule has 1 aliphatic heterocycles. The van der Waals surface area contributed by atoms with E-state index >= 15 is 0 Å². The lowest BCUT2D eigenvalue weighted by Crippen LogP contribution is -2.59. The van der Waals surface area contributed by atoms with Gasteiger partial charge in [0.2, 0.25) is 0 Å². The van der Waals surface area contributed by atoms with Gasteiger partial charge in [-0.15, -0.1) is 0 Å². The molecule has 0 amide bonds. The molecule has 0 aliphatic carbocycles. The second kappa shape index (κ2) is 30.0. The predicted octanol–water partition coefficient (Wildman–Crippen LogP) is 6.60. The Morgan fingerprint density at radius 2 is 1.17 bits per heavy atom. The molecule has 0 aromatic heterocycles. The van der Waals surface area contributed by atoms with Crippen LogP contribution in [0.15, 0.2) is 24.3 Å². The lowest BCUT2D eigenvalue weighted by Gasteiger charge is -2.39. The van der Waals surface area contributed by atoms with E-state index in [0.717, 1.165) is 57.8 Å². The van der Waals surface area contributed by atoms with Gasteiger partial charge in [0.15, 0.2) is 12.4 Å². The molecule has 4 N–H and O–H groups in total. The minimum absolute atomic E-state index is 0.223. The molecule has 0 spiro atoms. The van der Waals surface area contributed by atoms with Crippen molar-refractivity contribution in [1.82, 2.24) is 0 Å². The van der Waals surface area contributed by atoms with Gasteiger partial charge in [0.1, 0.15) is 31.0 Å². The van der Waals surface area contributed by atoms with Gasteiger partial charge in [-0.1, -0.05) is 115 Å². The summed E-state index contributed by atoms with van der Waals surface area (Å²) in [6.45, 7) is 3.32. The van der Waals surface area contributed by atoms with Gasteiger partial charge in [-0.3, -0.25) is 9.59 Å². The fourth-order valence-corrected chi connectivity index (χ4v) is 5.51. The number of ether oxygens (including phenoxy) is 4. The number of esters is 2. The van der Waals surface area contributed by atoms with Gasteiger partial charge in [-0.25, -0.2) is 0 Å². The molecule has 0 saturated carbocycles. The highest BCUT2D eigenvalue weighted by molar-refractivity contribution is 5.70. The van der Waals surface area contributed by atoms with E-state index in [4.69, 9.17) is 18.9 Å². The van der Waals surface area contributed by atoms with E-state index in [0.29, 0.717) is 12.8 Å². The number of hydrogen-bond donors (Lipinski definition) is 4. The maximum Gasteiger partial charge on any atom is 0.306 e. The van der Waals surface area contributed by atoms with Crippen LogP contribution in [-0.4, -0.2) is 89.0 Å². The van der Waals surface area contributed by atoms with Gasteiger partial charge in [0.25, 0.3) is 0 Å². The highest BCUT2D eigenvalue weighted by Crippen LogP contribution is 2.22. The third-order valence-electron chi connectivity index (χ3n) is 8.59. The molecule has 280 valence electrons. The van der Waals surface area contributed by atoms with Crippen LogP contribution in [0.2, 0.25) is 0 Å². The summed E-state index contributed by atoms with van der Waals surface area (Å²) in [7, 11) is 0. The molecule has 48 heavy (non-hydrogen) atoms. The monoisotopic (exact) mass is 684 g/mol. The van der Waals surface area contributed by atoms with Crippen LogP contribution >= 0.6 is 0 Å². The molecule has 0 aromatic carbocycles. The molecule has 0 bridgehead atoms. The lowest BCUT2D eigenvalue weighted by atomic mass is 9.99. The van der Waals surface area contributed by atoms with Crippen LogP contribution in [0.25, 0.3) is 0 Å². The standard InChI is InChI=1S/C38H68O10/c1-3-5-7-9-11-13-14-15-16-17-18-19-21-22-24-26-33(40)45-29-31(47-34(41)27-25-23-20-12-10-8-6-4-2)30-46-38-37(44)36(43)35(42)32(28-39)48-38/h11,13,15-16,31-32,35-39,42-44H,3-10,12,14,17-30H2,1-2H3/b13-11+,16-15+/t31-,32-,35+,36?,37?,38-/m0/s1. The smallest absolute Gasteiger partial charge is 0.306 e. The van der Waals surface area contributed by atoms with Crippen molar-refractivity contribution in [1.29, 1.82) is 0 Å². The van der Waals surface area contributed by atoms with Gasteiger partial charge in [-0.05, 0) is 44.9 Å². The van der Waals surface area contributed by atoms with Crippen molar-refractivity contribution in [2.24, 2.45) is 0 Å². The number of carbonyl (C=O) groups excluding carboxylic acids is 2. The number of unbranched alkanes of at least 4 members (excludes halogenated alkanes) is 15. The highest BCUT2D eigenvalue weighted by atomic mass is 16.7. The zero-order valence-corrected chi connectivity index (χ0v) is 30.0. The van der Waals surface area contributed by atoms with Crippen molar-refractivity contribution in [3.63, 3.8) is 0 Å². The first kappa shape index (κ1) is 44.2. The van der Waals surface area contributed by atoms with Gasteiger partial charge < -0.3 is 39.4 Å². The van der Waals surface area contributed by atoms with Crippen LogP contribution in [0.5, 0.6) is 0 Å². The van der Waals surface area contributed by atoms with Crippen LogP contribution in [0, 0.1) is 0 Å². The summed E-state index contributed by atoms with van der Waals surface area (Å²) in [6, 6.07) is 0. The quantitative estimate of drug-likeness (QED) is 0.0370. The molecule has 10 nitrogen and oxygen atoms in total. The van der Waals surface area contributed by atoms with E-state index in [-0.39, 0.29) is 26.1 Å². The van der Waals surface area contributed by atoms with Crippen molar-refractivity contribution in [3.05, 3.63) is 24.3 Å². The molecular weight excluding hydrogens is 616 g/mol. The van der Waals surface area contributed by atoms with Crippen LogP contribution in [0.1, 0.15) is 149 Å². The van der Waals surface area contributed by atoms with Gasteiger partial charge in [-0.2, -0.15) is 0 Å². The maximum atomic E-state index is 12.6. The van der Waals surface area contributed by atoms with Crippen LogP contribution < -0.4 is 0 Å². The zero-order valence-electron chi connectivity index (χ0n) is 30.0. The summed E-state index contributed by atoms with van der Waals surface area (Å²) in [5, 5.41) is 39.8. The Balaban J connectivity index is 2.39. The van der Waals surface area contributed by atoms with Gasteiger partial charge in [0, 0.05) is 12.8 Å². The zero-order chi connectivity index (χ0) is 35.2. The number of carbonyl (C=O) groups is 2. The second-order valence-corrected chi connectivity index (χ2v) is 13.0. The molecule has 1 heterocycles. The molecule has 0 aromatic rings. The normalized spacial score (nSPS) is 22.0. The van der Waals surface area contributed by atoms with Crippen molar-refractivity contribution in [2.45, 2.75) is 185 Å². The topological polar surface area (TPSA) is 152 Å². The van der Waals surface area contributed by atoms with Crippen molar-refractivity contribution >= 4 is 11.9 Å². The first-order valence-corrected chi connectivity index (χ1v) is 18.9. The first-order chi connectivity index (χ1) is 23.3. The van der Waals surface area contributed by atoms with E-state index in [1.54, 1.807) is 0 Å². The van der Waals surface area contributed by atoms with Crippen molar-refractivity contribution in [3.8, 4) is 0 Å². The van der Waals surface area contributed by atoms with Crippen molar-refractivity contribution < 1.29 is 49.0 Å². The lowest BCUT2D eigenvalue weighted by molar-refractivity contribution is -0.305. The Hall–Kier alpha value is -1.82. The first-order valence-electron chi connectivity index (χ1n) is 18.9. The third kappa shape index (κ3) is 22.0. The Morgan fingerprint density at radius 1 is 0.646 bits per heavy atom. The van der Waals surface area contributed by atoms with Gasteiger partial charge >= 0.3 is 11.9 Å². The van der Waals surface area contributed by atoms with Gasteiger partial charge in [0.05, 0.1) is 13.2 Å². The summed E-state index contributed by atoms with van der Waals surface area (Å²) >= 11 is 0. The van der Waals surface area contributed by atoms with Crippen LogP contribution in [0.3, 0.4) is 0 Å². The molecule has 1 rings (SSSR count). The molecular formula is C38H68O10. The molecule has 1 fully saturated rings. The number of aliphatic hydroxyl groups is 4. The fraction of sp³-hybridized carbons (Fsp3) is 0.842. The summed E-state index contributed by atoms with van der Waals surface area (Å²) in [5.41, 5.74) is 0. The van der Waals surface area contributed by atoms with E-state index in [2.05, 4.69) is 38.2 Å². The average Bonchev–Trinajstić information content (AvgIpc) is 3.08. The number of rotatable bonds is 30. The Labute approximate surface area is 290 Å². The van der Waals surface area contributed by atoms with E-state index in [9.17, 15) is 30.0 Å². The molecule has 0 radical (unpaired) electrons. The SMILES string of the molecule is CCCCC/C=C/C/C=C/CCCCCCCC(=O)OC[C@@H](CO[C@H]1O[C@@H](CO)[C@@H](O)C(O)C1O)OC(=O)CCCCCCCCCC. The Bertz CT molecular complexity index is 845. The fourth-order valence-electron chi connectivity index (χ4n) is 5.51. The highest BCUT2D eigenvalue weighted by Gasteiger charge is 2.44. The predicted molar refractivity (Wildman–Crippen MR) is 187 cm³/mol. The molecule has 1 aliphatic rings. The number of hydrogen-bond acceptors (Lipinski definition) is 10. The number of aliphatic hydroxyl groups excluding tert-OH is 4. The second-order valence-electron chi connectivity index (χ2n) is 13.0. The minimum Gasteiger partial charge on any atom is -0.462 e. The maximum absolute atomic E-state index is 12.6. The summed E-state index contributed by atoms with van der Waals surface area (Å²) in [4.78, 5) is 25.1. The molecule has 6 atom stereocenters. The minimum atomic E-state index is -1.59. The Morgan fingerprint density at radius 3 is 1.77 bits per heavy atom. The largest absolute Gasteiger partial charge is 0.462 e. The summed E-state index contributed by atoms with van der Waals surface area (Å²) < 4.78 is 22.0. The summed E-state index contributed by atoms with van der Waals surface area (Å²) in [6.07, 6.45) is 22.0. The third-order valence-corrected chi connectivity index (χ3v) is 8.59.